The maximum atomic E-state index is 4.93. The molecule has 0 spiro atoms. The third-order valence-electron chi connectivity index (χ3n) is 2.77. The van der Waals surface area contributed by atoms with Crippen LogP contribution in [0.5, 0.6) is 0 Å². The SMILES string of the molecule is C[Si](C)([C]1[CH][CH][CH][CH]1)[C]1[CH][CH][CH][CH]1.[Cl][Zr+2][Cl]. The summed E-state index contributed by atoms with van der Waals surface area (Å²) in [6.07, 6.45) is 17.5. The van der Waals surface area contributed by atoms with Gasteiger partial charge in [-0.25, -0.2) is 0 Å². The van der Waals surface area contributed by atoms with E-state index in [9.17, 15) is 0 Å². The van der Waals surface area contributed by atoms with E-state index in [1.165, 1.54) is 11.1 Å². The van der Waals surface area contributed by atoms with E-state index in [0.717, 1.165) is 0 Å². The number of rotatable bonds is 2. The van der Waals surface area contributed by atoms with Gasteiger partial charge in [0.25, 0.3) is 0 Å². The Bertz CT molecular complexity index is 169. The molecule has 0 heterocycles. The van der Waals surface area contributed by atoms with Crippen LogP contribution in [0.3, 0.4) is 0 Å². The molecule has 2 saturated carbocycles. The summed E-state index contributed by atoms with van der Waals surface area (Å²) in [6.45, 7) is 4.80. The molecule has 82 valence electrons. The molecule has 2 fully saturated rings. The summed E-state index contributed by atoms with van der Waals surface area (Å²) >= 11 is -0.826. The van der Waals surface area contributed by atoms with Gasteiger partial charge < -0.3 is 0 Å². The van der Waals surface area contributed by atoms with E-state index < -0.39 is 28.9 Å². The molecule has 0 saturated heterocycles. The second kappa shape index (κ2) is 7.97. The predicted octanol–water partition coefficient (Wildman–Crippen LogP) is 3.96. The van der Waals surface area contributed by atoms with E-state index in [2.05, 4.69) is 64.5 Å². The molecule has 0 aromatic carbocycles. The van der Waals surface area contributed by atoms with Crippen LogP contribution in [0, 0.1) is 62.4 Å². The summed E-state index contributed by atoms with van der Waals surface area (Å²) in [5.74, 6) is 0. The van der Waals surface area contributed by atoms with E-state index in [0.29, 0.717) is 0 Å². The Morgan fingerprint density at radius 2 is 1.06 bits per heavy atom. The average Bonchev–Trinajstić information content (AvgIpc) is 2.93. The molecule has 2 aliphatic rings. The predicted molar refractivity (Wildman–Crippen MR) is 70.1 cm³/mol. The van der Waals surface area contributed by atoms with E-state index in [-0.39, 0.29) is 0 Å². The van der Waals surface area contributed by atoms with Gasteiger partial charge in [-0.1, -0.05) is 13.1 Å². The standard InChI is InChI=1S/C12H14Si.2ClH.Zr/c1-13(2,11-7-3-4-8-11)12-9-5-6-10-12;;;/h3-10H,1-2H3;2*1H;/q;;;+4/p-2. The first-order chi connectivity index (χ1) is 7.62. The summed E-state index contributed by atoms with van der Waals surface area (Å²) in [5, 5.41) is 0. The van der Waals surface area contributed by atoms with Crippen LogP contribution in [0.15, 0.2) is 0 Å². The normalized spacial score (nSPS) is 22.8. The molecule has 16 heavy (non-hydrogen) atoms. The quantitative estimate of drug-likeness (QED) is 0.663. The van der Waals surface area contributed by atoms with Crippen LogP contribution in [0.4, 0.5) is 0 Å². The summed E-state index contributed by atoms with van der Waals surface area (Å²) in [5.41, 5.74) is 3.05. The van der Waals surface area contributed by atoms with Crippen molar-refractivity contribution in [2.75, 3.05) is 0 Å². The van der Waals surface area contributed by atoms with Crippen LogP contribution in [0.2, 0.25) is 13.1 Å². The molecule has 2 rings (SSSR count). The zero-order chi connectivity index (χ0) is 12.0. The Morgan fingerprint density at radius 1 is 0.812 bits per heavy atom. The second-order valence-electron chi connectivity index (χ2n) is 4.04. The first kappa shape index (κ1) is 15.7. The van der Waals surface area contributed by atoms with Crippen molar-refractivity contribution < 1.29 is 20.8 Å². The van der Waals surface area contributed by atoms with E-state index in [1.807, 2.05) is 0 Å². The average molecular weight is 348 g/mol. The first-order valence-corrected chi connectivity index (χ1v) is 14.4. The molecule has 0 aromatic rings. The van der Waals surface area contributed by atoms with E-state index in [1.54, 1.807) is 0 Å². The van der Waals surface area contributed by atoms with Crippen molar-refractivity contribution in [1.29, 1.82) is 0 Å². The summed E-state index contributed by atoms with van der Waals surface area (Å²) in [4.78, 5) is 0. The van der Waals surface area contributed by atoms with Crippen molar-refractivity contribution in [3.63, 3.8) is 0 Å². The maximum absolute atomic E-state index is 4.93. The molecule has 2 aliphatic carbocycles. The fourth-order valence-electron chi connectivity index (χ4n) is 1.75. The fourth-order valence-corrected chi connectivity index (χ4v) is 4.13. The van der Waals surface area contributed by atoms with E-state index in [4.69, 9.17) is 17.0 Å². The molecule has 0 unspecified atom stereocenters. The number of halogens is 2. The first-order valence-electron chi connectivity index (χ1n) is 5.03. The van der Waals surface area contributed by atoms with Gasteiger partial charge in [0.05, 0.1) is 8.07 Å². The number of hydrogen-bond donors (Lipinski definition) is 0. The van der Waals surface area contributed by atoms with E-state index >= 15 is 0 Å². The van der Waals surface area contributed by atoms with Crippen molar-refractivity contribution in [1.82, 2.24) is 0 Å². The Kier molecular flexibility index (Phi) is 7.84. The monoisotopic (exact) mass is 346 g/mol. The number of hydrogen-bond acceptors (Lipinski definition) is 0. The summed E-state index contributed by atoms with van der Waals surface area (Å²) in [6, 6.07) is 0. The molecule has 0 N–H and O–H groups in total. The molecule has 4 heteroatoms. The van der Waals surface area contributed by atoms with Gasteiger partial charge in [-0.05, 0) is 62.4 Å². The zero-order valence-corrected chi connectivity index (χ0v) is 14.3. The Balaban J connectivity index is 0.000000386. The topological polar surface area (TPSA) is 0 Å². The third-order valence-corrected chi connectivity index (χ3v) is 6.32. The van der Waals surface area contributed by atoms with Gasteiger partial charge >= 0.3 is 37.9 Å². The van der Waals surface area contributed by atoms with Crippen LogP contribution >= 0.6 is 17.0 Å². The molecule has 0 atom stereocenters. The van der Waals surface area contributed by atoms with Crippen LogP contribution in [0.25, 0.3) is 0 Å². The summed E-state index contributed by atoms with van der Waals surface area (Å²) in [7, 11) is 8.52. The molecule has 10 radical (unpaired) electrons. The third kappa shape index (κ3) is 4.41. The fraction of sp³-hybridized carbons (Fsp3) is 0.167. The van der Waals surface area contributed by atoms with Gasteiger partial charge in [-0.15, -0.1) is 0 Å². The van der Waals surface area contributed by atoms with Crippen molar-refractivity contribution in [3.8, 4) is 0 Å². The van der Waals surface area contributed by atoms with Crippen molar-refractivity contribution in [3.05, 3.63) is 62.4 Å². The van der Waals surface area contributed by atoms with Gasteiger partial charge in [-0.3, -0.25) is 0 Å². The van der Waals surface area contributed by atoms with Crippen molar-refractivity contribution >= 4 is 25.1 Å². The summed E-state index contributed by atoms with van der Waals surface area (Å²) < 4.78 is 0. The molecule has 0 nitrogen and oxygen atoms in total. The molecule has 0 aromatic heterocycles. The Morgan fingerprint density at radius 3 is 1.31 bits per heavy atom. The van der Waals surface area contributed by atoms with Crippen LogP contribution < -0.4 is 0 Å². The molecular weight excluding hydrogens is 334 g/mol. The van der Waals surface area contributed by atoms with Crippen molar-refractivity contribution in [2.24, 2.45) is 0 Å². The van der Waals surface area contributed by atoms with Gasteiger partial charge in [-0.2, -0.15) is 0 Å². The second-order valence-corrected chi connectivity index (χ2v) is 12.2. The van der Waals surface area contributed by atoms with Crippen LogP contribution in [-0.2, 0) is 20.8 Å². The zero-order valence-electron chi connectivity index (χ0n) is 9.37. The molecule has 0 bridgehead atoms. The van der Waals surface area contributed by atoms with Gasteiger partial charge in [0.15, 0.2) is 0 Å². The van der Waals surface area contributed by atoms with Crippen LogP contribution in [-0.4, -0.2) is 8.07 Å². The minimum atomic E-state index is -1.35. The molecule has 0 amide bonds. The van der Waals surface area contributed by atoms with Crippen molar-refractivity contribution in [2.45, 2.75) is 13.1 Å². The molecule has 0 aliphatic heterocycles. The van der Waals surface area contributed by atoms with Gasteiger partial charge in [0.1, 0.15) is 0 Å². The van der Waals surface area contributed by atoms with Crippen LogP contribution in [0.1, 0.15) is 0 Å². The Hall–Kier alpha value is 1.68. The minimum absolute atomic E-state index is 0.826. The Labute approximate surface area is 121 Å². The van der Waals surface area contributed by atoms with Gasteiger partial charge in [0, 0.05) is 0 Å². The van der Waals surface area contributed by atoms with Gasteiger partial charge in [0.2, 0.25) is 0 Å². The molecular formula is C12H14Cl2SiZr+2.